The van der Waals surface area contributed by atoms with Crippen LogP contribution in [0.4, 0.5) is 14.5 Å². The highest BCUT2D eigenvalue weighted by Gasteiger charge is 2.24. The van der Waals surface area contributed by atoms with E-state index in [4.69, 9.17) is 0 Å². The van der Waals surface area contributed by atoms with Crippen LogP contribution in [-0.2, 0) is 10.0 Å². The van der Waals surface area contributed by atoms with Gasteiger partial charge in [-0.25, -0.2) is 13.8 Å². The number of fused-ring (bicyclic) bond motifs is 1. The van der Waals surface area contributed by atoms with Crippen molar-refractivity contribution >= 4 is 59.2 Å². The zero-order chi connectivity index (χ0) is 23.8. The van der Waals surface area contributed by atoms with Gasteiger partial charge in [-0.2, -0.15) is 12.8 Å². The first-order chi connectivity index (χ1) is 15.7. The molecular weight excluding hydrogens is 538 g/mol. The van der Waals surface area contributed by atoms with Crippen molar-refractivity contribution < 1.29 is 22.0 Å². The number of sulfonamides is 1. The van der Waals surface area contributed by atoms with Gasteiger partial charge < -0.3 is 5.32 Å². The average molecular weight is 553 g/mol. The fourth-order valence-corrected chi connectivity index (χ4v) is 5.46. The SMILES string of the molecule is C[C@@H](NC(=O)c1ccc(Br)cc1NS(=O)(=O)c1nccc2sncc12)c1ccc(F)cc1F. The Balaban J connectivity index is 1.65. The molecule has 12 heteroatoms. The Morgan fingerprint density at radius 2 is 1.94 bits per heavy atom. The van der Waals surface area contributed by atoms with E-state index in [0.29, 0.717) is 14.6 Å². The summed E-state index contributed by atoms with van der Waals surface area (Å²) in [5.41, 5.74) is 0.0900. The van der Waals surface area contributed by atoms with E-state index < -0.39 is 33.6 Å². The molecule has 0 saturated heterocycles. The van der Waals surface area contributed by atoms with E-state index in [1.807, 2.05) is 0 Å². The van der Waals surface area contributed by atoms with Gasteiger partial charge in [0.2, 0.25) is 0 Å². The summed E-state index contributed by atoms with van der Waals surface area (Å²) in [6, 6.07) is 8.32. The van der Waals surface area contributed by atoms with Crippen LogP contribution in [0.1, 0.15) is 28.9 Å². The van der Waals surface area contributed by atoms with Crippen LogP contribution in [0.2, 0.25) is 0 Å². The van der Waals surface area contributed by atoms with E-state index in [-0.39, 0.29) is 21.8 Å². The minimum atomic E-state index is -4.17. The number of aromatic nitrogens is 2. The molecule has 0 fully saturated rings. The molecule has 0 unspecified atom stereocenters. The molecule has 2 N–H and O–H groups in total. The molecule has 0 aliphatic rings. The predicted octanol–water partition coefficient (Wildman–Crippen LogP) is 5.02. The van der Waals surface area contributed by atoms with Crippen LogP contribution in [0, 0.1) is 11.6 Å². The summed E-state index contributed by atoms with van der Waals surface area (Å²) in [7, 11) is -4.17. The smallest absolute Gasteiger partial charge is 0.280 e. The van der Waals surface area contributed by atoms with Gasteiger partial charge in [0.1, 0.15) is 11.6 Å². The summed E-state index contributed by atoms with van der Waals surface area (Å²) in [6.07, 6.45) is 2.78. The number of halogens is 3. The monoisotopic (exact) mass is 552 g/mol. The van der Waals surface area contributed by atoms with Crippen molar-refractivity contribution in [3.05, 3.63) is 82.1 Å². The molecule has 0 aliphatic carbocycles. The molecule has 0 radical (unpaired) electrons. The van der Waals surface area contributed by atoms with Crippen LogP contribution < -0.4 is 10.0 Å². The predicted molar refractivity (Wildman–Crippen MR) is 125 cm³/mol. The lowest BCUT2D eigenvalue weighted by atomic mass is 10.1. The Labute approximate surface area is 200 Å². The molecule has 4 aromatic rings. The summed E-state index contributed by atoms with van der Waals surface area (Å²) in [4.78, 5) is 16.9. The highest BCUT2D eigenvalue weighted by atomic mass is 79.9. The molecule has 2 aromatic carbocycles. The molecule has 0 spiro atoms. The fourth-order valence-electron chi connectivity index (χ4n) is 3.18. The summed E-state index contributed by atoms with van der Waals surface area (Å²) in [5.74, 6) is -2.19. The van der Waals surface area contributed by atoms with Gasteiger partial charge in [-0.3, -0.25) is 9.52 Å². The van der Waals surface area contributed by atoms with Crippen molar-refractivity contribution in [3.63, 3.8) is 0 Å². The Bertz CT molecular complexity index is 1480. The van der Waals surface area contributed by atoms with E-state index in [2.05, 4.69) is 35.3 Å². The van der Waals surface area contributed by atoms with Crippen molar-refractivity contribution in [3.8, 4) is 0 Å². The fraction of sp³-hybridized carbons (Fsp3) is 0.0952. The number of hydrogen-bond donors (Lipinski definition) is 2. The third-order valence-corrected chi connectivity index (χ3v) is 7.33. The molecule has 1 atom stereocenters. The number of amides is 1. The number of benzene rings is 2. The number of nitrogens with zero attached hydrogens (tertiary/aromatic N) is 2. The van der Waals surface area contributed by atoms with Crippen LogP contribution in [-0.4, -0.2) is 23.7 Å². The second-order valence-corrected chi connectivity index (χ2v) is 10.4. The molecule has 0 aliphatic heterocycles. The quantitative estimate of drug-likeness (QED) is 0.349. The van der Waals surface area contributed by atoms with Gasteiger partial charge in [-0.05, 0) is 48.8 Å². The van der Waals surface area contributed by atoms with Crippen LogP contribution in [0.3, 0.4) is 0 Å². The molecule has 0 bridgehead atoms. The first kappa shape index (κ1) is 23.2. The molecule has 170 valence electrons. The second kappa shape index (κ2) is 9.12. The van der Waals surface area contributed by atoms with Crippen molar-refractivity contribution in [1.82, 2.24) is 14.7 Å². The van der Waals surface area contributed by atoms with Crippen LogP contribution in [0.25, 0.3) is 10.1 Å². The van der Waals surface area contributed by atoms with E-state index in [9.17, 15) is 22.0 Å². The number of rotatable bonds is 6. The Morgan fingerprint density at radius 1 is 1.15 bits per heavy atom. The third kappa shape index (κ3) is 4.87. The van der Waals surface area contributed by atoms with E-state index in [1.165, 1.54) is 37.5 Å². The number of hydrogen-bond acceptors (Lipinski definition) is 6. The topological polar surface area (TPSA) is 101 Å². The van der Waals surface area contributed by atoms with Crippen LogP contribution >= 0.6 is 27.5 Å². The molecular formula is C21H15BrF2N4O3S2. The first-order valence-electron chi connectivity index (χ1n) is 9.43. The zero-order valence-corrected chi connectivity index (χ0v) is 20.1. The van der Waals surface area contributed by atoms with Crippen LogP contribution in [0.5, 0.6) is 0 Å². The lowest BCUT2D eigenvalue weighted by Crippen LogP contribution is -2.28. The molecule has 1 amide bonds. The van der Waals surface area contributed by atoms with Gasteiger partial charge >= 0.3 is 0 Å². The van der Waals surface area contributed by atoms with Gasteiger partial charge in [0.25, 0.3) is 15.9 Å². The number of anilines is 1. The van der Waals surface area contributed by atoms with Crippen molar-refractivity contribution in [2.45, 2.75) is 18.0 Å². The number of carbonyl (C=O) groups is 1. The van der Waals surface area contributed by atoms with Crippen LogP contribution in [0.15, 0.2) is 64.4 Å². The average Bonchev–Trinajstić information content (AvgIpc) is 3.22. The van der Waals surface area contributed by atoms with Crippen molar-refractivity contribution in [2.75, 3.05) is 4.72 Å². The lowest BCUT2D eigenvalue weighted by molar-refractivity contribution is 0.0940. The standard InChI is InChI=1S/C21H15BrF2N4O3S2/c1-11(14-5-3-13(23)9-17(14)24)27-20(29)15-4-2-12(22)8-18(15)28-33(30,31)21-16-10-26-32-19(16)6-7-25-21/h2-11,28H,1H3,(H,27,29)/t11-/m1/s1. The maximum Gasteiger partial charge on any atom is 0.280 e. The highest BCUT2D eigenvalue weighted by molar-refractivity contribution is 9.10. The van der Waals surface area contributed by atoms with E-state index >= 15 is 0 Å². The lowest BCUT2D eigenvalue weighted by Gasteiger charge is -2.17. The largest absolute Gasteiger partial charge is 0.345 e. The third-order valence-electron chi connectivity index (χ3n) is 4.75. The minimum Gasteiger partial charge on any atom is -0.345 e. The Hall–Kier alpha value is -2.96. The van der Waals surface area contributed by atoms with Gasteiger partial charge in [-0.15, -0.1) is 0 Å². The van der Waals surface area contributed by atoms with E-state index in [1.54, 1.807) is 12.1 Å². The Kier molecular flexibility index (Phi) is 6.41. The molecule has 4 rings (SSSR count). The summed E-state index contributed by atoms with van der Waals surface area (Å²) >= 11 is 4.40. The Morgan fingerprint density at radius 3 is 2.70 bits per heavy atom. The molecule has 2 aromatic heterocycles. The normalized spacial score (nSPS) is 12.5. The van der Waals surface area contributed by atoms with Crippen molar-refractivity contribution in [2.24, 2.45) is 0 Å². The van der Waals surface area contributed by atoms with Crippen molar-refractivity contribution in [1.29, 1.82) is 0 Å². The zero-order valence-electron chi connectivity index (χ0n) is 16.8. The van der Waals surface area contributed by atoms with Gasteiger partial charge in [0.15, 0.2) is 5.03 Å². The number of nitrogens with one attached hydrogen (secondary N) is 2. The van der Waals surface area contributed by atoms with Gasteiger partial charge in [0, 0.05) is 22.3 Å². The maximum atomic E-state index is 14.1. The van der Waals surface area contributed by atoms with E-state index in [0.717, 1.165) is 23.7 Å². The minimum absolute atomic E-state index is 0.00403. The summed E-state index contributed by atoms with van der Waals surface area (Å²) in [5, 5.41) is 2.75. The van der Waals surface area contributed by atoms with Gasteiger partial charge in [0.05, 0.1) is 33.6 Å². The summed E-state index contributed by atoms with van der Waals surface area (Å²) < 4.78 is 61.1. The second-order valence-electron chi connectivity index (χ2n) is 7.01. The number of carbonyl (C=O) groups excluding carboxylic acids is 1. The molecule has 7 nitrogen and oxygen atoms in total. The number of pyridine rings is 1. The maximum absolute atomic E-state index is 14.1. The first-order valence-corrected chi connectivity index (χ1v) is 12.5. The molecule has 33 heavy (non-hydrogen) atoms. The van der Waals surface area contributed by atoms with Gasteiger partial charge in [-0.1, -0.05) is 22.0 Å². The highest BCUT2D eigenvalue weighted by Crippen LogP contribution is 2.28. The summed E-state index contributed by atoms with van der Waals surface area (Å²) in [6.45, 7) is 1.53. The molecule has 2 heterocycles. The molecule has 0 saturated carbocycles.